The van der Waals surface area contributed by atoms with Crippen LogP contribution in [0.3, 0.4) is 0 Å². The first kappa shape index (κ1) is 107. The van der Waals surface area contributed by atoms with Gasteiger partial charge < -0.3 is 101 Å². The summed E-state index contributed by atoms with van der Waals surface area (Å²) in [5, 5.41) is 51.1. The van der Waals surface area contributed by atoms with Crippen molar-refractivity contribution >= 4 is 113 Å². The number of nitrogens with two attached hydrogens (primary N) is 3. The second-order valence-corrected chi connectivity index (χ2v) is 27.2. The van der Waals surface area contributed by atoms with Crippen LogP contribution in [0.25, 0.3) is 0 Å². The number of carboxylic acid groups (broad SMARTS) is 2. The van der Waals surface area contributed by atoms with E-state index in [1.165, 1.54) is 17.7 Å². The van der Waals surface area contributed by atoms with E-state index in [1.54, 1.807) is 76.2 Å². The maximum absolute atomic E-state index is 13.9. The molecule has 0 aromatic heterocycles. The number of methoxy groups -OCH3 is 1. The molecule has 2 aromatic carbocycles. The van der Waals surface area contributed by atoms with Crippen LogP contribution >= 0.6 is 0 Å². The number of guanidine groups is 2. The summed E-state index contributed by atoms with van der Waals surface area (Å²) in [4.78, 5) is 219. The SMILES string of the molecule is C.CCCCNC(=O)[C@@H](N)CCC(=O)NCCCOc1ccc(C[C@H]2NC(=O)[C@H](CC(=O)O)NC(=O)CNC(=O)[C@H](CCCN=C(N)NC(=O)C(F)(F)F)NC(=O)[C@H](C(C)C)NC2=O)cc1.COc1ccc(C[C@H]2NC(=O)[C@H](CC(=O)O)NC(=O)CNC(=O)[C@H](CCCN=C(N)NC(=O)C(F)(F)F)NC(=O)[C@H](C(C)C)NC2=O)cc1.O=CC(F)(F)F. The monoisotopic (exact) mass is 1740 g/mol. The molecule has 2 fully saturated rings. The summed E-state index contributed by atoms with van der Waals surface area (Å²) in [6.07, 6.45) is -16.3. The van der Waals surface area contributed by atoms with Gasteiger partial charge in [-0.05, 0) is 92.2 Å². The third kappa shape index (κ3) is 43.2. The van der Waals surface area contributed by atoms with Gasteiger partial charge >= 0.3 is 42.3 Å². The van der Waals surface area contributed by atoms with Crippen molar-refractivity contribution in [3.05, 3.63) is 59.7 Å². The summed E-state index contributed by atoms with van der Waals surface area (Å²) in [7, 11) is 1.46. The first-order valence-corrected chi connectivity index (χ1v) is 37.0. The molecule has 2 aliphatic heterocycles. The summed E-state index contributed by atoms with van der Waals surface area (Å²) < 4.78 is 117. The zero-order valence-electron chi connectivity index (χ0n) is 65.9. The van der Waals surface area contributed by atoms with Gasteiger partial charge in [-0.15, -0.1) is 0 Å². The van der Waals surface area contributed by atoms with E-state index >= 15 is 0 Å². The Morgan fingerprint density at radius 1 is 0.529 bits per heavy atom. The fourth-order valence-electron chi connectivity index (χ4n) is 10.4. The van der Waals surface area contributed by atoms with Gasteiger partial charge in [0.2, 0.25) is 77.2 Å². The molecule has 4 rings (SSSR count). The minimum atomic E-state index is -5.22. The first-order valence-electron chi connectivity index (χ1n) is 37.0. The second-order valence-electron chi connectivity index (χ2n) is 27.2. The van der Waals surface area contributed by atoms with Crippen molar-refractivity contribution in [1.82, 2.24) is 74.4 Å². The van der Waals surface area contributed by atoms with E-state index < -0.39 is 212 Å². The van der Waals surface area contributed by atoms with Crippen LogP contribution in [-0.4, -0.2) is 249 Å². The fourth-order valence-corrected chi connectivity index (χ4v) is 10.4. The van der Waals surface area contributed by atoms with E-state index in [9.17, 15) is 126 Å². The number of aliphatic carboxylic acids is 2. The van der Waals surface area contributed by atoms with E-state index in [0.717, 1.165) is 12.8 Å². The number of halogens is 9. The van der Waals surface area contributed by atoms with Crippen LogP contribution in [0.15, 0.2) is 58.5 Å². The quantitative estimate of drug-likeness (QED) is 0.0124. The number of hydrogen-bond donors (Lipinski definition) is 19. The molecular formula is C72H104F9N19O21. The van der Waals surface area contributed by atoms with Gasteiger partial charge in [0.1, 0.15) is 59.8 Å². The van der Waals surface area contributed by atoms with Crippen molar-refractivity contribution < 1.29 is 141 Å². The Morgan fingerprint density at radius 3 is 1.26 bits per heavy atom. The summed E-state index contributed by atoms with van der Waals surface area (Å²) in [5.74, 6) is -19.4. The van der Waals surface area contributed by atoms with Crippen molar-refractivity contribution in [2.45, 2.75) is 198 Å². The summed E-state index contributed by atoms with van der Waals surface area (Å²) in [5.41, 5.74) is 17.6. The lowest BCUT2D eigenvalue weighted by molar-refractivity contribution is -0.171. The maximum Gasteiger partial charge on any atom is 0.471 e. The Kier molecular flexibility index (Phi) is 46.8. The molecule has 2 saturated heterocycles. The molecule has 2 aromatic rings. The molecule has 14 amide bonds. The summed E-state index contributed by atoms with van der Waals surface area (Å²) >= 11 is 0. The Bertz CT molecular complexity index is 3910. The highest BCUT2D eigenvalue weighted by Crippen LogP contribution is 2.19. The van der Waals surface area contributed by atoms with Gasteiger partial charge in [-0.2, -0.15) is 39.5 Å². The maximum atomic E-state index is 13.9. The number of nitrogens with zero attached hydrogens (tertiary/aromatic N) is 2. The third-order valence-electron chi connectivity index (χ3n) is 16.7. The van der Waals surface area contributed by atoms with Crippen LogP contribution in [0.2, 0.25) is 0 Å². The fraction of sp³-hybridized carbons (Fsp3) is 0.569. The highest BCUT2D eigenvalue weighted by atomic mass is 19.4. The number of aliphatic imine (C=N–C) groups is 2. The standard InChI is InChI=1S/C40H60F3N11O11.C29H39F3N8O9.C2HF3O.CH4/c1-4-5-15-47-33(59)25(44)13-14-29(55)46-17-7-18-65-24-11-9-23(10-12-24)19-27-36(62)53-32(22(2)3)37(63)51-26(8-6-16-48-39(45)54-38(64)40(41,42)43)34(60)49-21-30(56)50-28(20-31(57)58)35(61)52-27;1-14(2)22-26(47)37-17(5-4-10-34-28(33)40-27(48)29(30,31)32)23(44)35-13-20(41)36-19(12-21(42)43)24(45)38-18(25(46)39-22)11-15-6-8-16(49-3)9-7-15;3-2(4,5)1-6;/h9-12,22,25-28,32H,4-8,13-21,44H2,1-3H3,(H,46,55)(H,47,59)(H,49,60)(H,50,56)(H,51,63)(H,52,61)(H,53,62)(H,57,58)(H3,45,48,54,64);6-9,14,17-19,22H,4-5,10-13H2,1-3H3,(H,35,44)(H,36,41)(H,37,47)(H,38,45)(H,39,46)(H,42,43)(H3,33,34,40,48);1H;1H4/t25-,26-,27+,28-,32-;17-,18+,19-,22-;;/m00../s1. The molecule has 0 radical (unpaired) electrons. The molecule has 40 nitrogen and oxygen atoms in total. The van der Waals surface area contributed by atoms with Gasteiger partial charge in [-0.3, -0.25) is 102 Å². The number of rotatable bonds is 31. The molecule has 676 valence electrons. The van der Waals surface area contributed by atoms with Crippen molar-refractivity contribution in [3.63, 3.8) is 0 Å². The molecule has 0 aliphatic carbocycles. The van der Waals surface area contributed by atoms with Crippen LogP contribution in [-0.2, 0) is 94.3 Å². The molecule has 2 aliphatic rings. The first-order chi connectivity index (χ1) is 56.1. The predicted molar refractivity (Wildman–Crippen MR) is 409 cm³/mol. The Labute approximate surface area is 687 Å². The number of carbonyl (C=O) groups excluding carboxylic acids is 15. The zero-order chi connectivity index (χ0) is 90.8. The van der Waals surface area contributed by atoms with Gasteiger partial charge in [0, 0.05) is 45.4 Å². The summed E-state index contributed by atoms with van der Waals surface area (Å²) in [6, 6.07) is 0.546. The number of carbonyl (C=O) groups is 17. The average molecular weight is 1740 g/mol. The van der Waals surface area contributed by atoms with Gasteiger partial charge in [-0.25, -0.2) is 0 Å². The number of alkyl halides is 9. The molecule has 22 N–H and O–H groups in total. The van der Waals surface area contributed by atoms with E-state index in [4.69, 9.17) is 31.5 Å². The number of aldehydes is 1. The average Bonchev–Trinajstić information content (AvgIpc) is 1.71. The topological polar surface area (TPSA) is 620 Å². The number of carboxylic acids is 2. The van der Waals surface area contributed by atoms with E-state index in [-0.39, 0.29) is 90.3 Å². The van der Waals surface area contributed by atoms with Crippen LogP contribution in [0.4, 0.5) is 39.5 Å². The normalized spacial score (nSPS) is 19.8. The predicted octanol–water partition coefficient (Wildman–Crippen LogP) is -2.29. The molecule has 121 heavy (non-hydrogen) atoms. The van der Waals surface area contributed by atoms with Gasteiger partial charge in [-0.1, -0.05) is 72.7 Å². The van der Waals surface area contributed by atoms with Gasteiger partial charge in [0.05, 0.1) is 45.7 Å². The van der Waals surface area contributed by atoms with Gasteiger partial charge in [0.15, 0.2) is 11.9 Å². The van der Waals surface area contributed by atoms with E-state index in [1.807, 2.05) is 6.92 Å². The molecule has 0 unspecified atom stereocenters. The highest BCUT2D eigenvalue weighted by Gasteiger charge is 2.41. The van der Waals surface area contributed by atoms with Crippen molar-refractivity contribution in [2.24, 2.45) is 39.0 Å². The van der Waals surface area contributed by atoms with Crippen LogP contribution < -0.4 is 101 Å². The number of benzene rings is 2. The van der Waals surface area contributed by atoms with Gasteiger partial charge in [0.25, 0.3) is 0 Å². The molecule has 0 bridgehead atoms. The molecule has 0 spiro atoms. The smallest absolute Gasteiger partial charge is 0.471 e. The lowest BCUT2D eigenvalue weighted by Crippen LogP contribution is -2.59. The van der Waals surface area contributed by atoms with E-state index in [0.29, 0.717) is 42.1 Å². The van der Waals surface area contributed by atoms with Crippen LogP contribution in [0, 0.1) is 11.8 Å². The minimum absolute atomic E-state index is 0. The number of ether oxygens (including phenoxy) is 2. The Morgan fingerprint density at radius 2 is 0.901 bits per heavy atom. The molecule has 49 heteroatoms. The van der Waals surface area contributed by atoms with Crippen molar-refractivity contribution in [3.8, 4) is 11.5 Å². The minimum Gasteiger partial charge on any atom is -0.497 e. The molecule has 0 saturated carbocycles. The number of unbranched alkanes of at least 4 members (excludes halogenated alkanes) is 1. The largest absolute Gasteiger partial charge is 0.497 e. The number of nitrogens with one attached hydrogen (secondary N) is 14. The lowest BCUT2D eigenvalue weighted by Gasteiger charge is -2.27. The van der Waals surface area contributed by atoms with Crippen molar-refractivity contribution in [1.29, 1.82) is 0 Å². The zero-order valence-corrected chi connectivity index (χ0v) is 65.9. The molecular weight excluding hydrogens is 1640 g/mol. The van der Waals surface area contributed by atoms with Crippen LogP contribution in [0.5, 0.6) is 11.5 Å². The van der Waals surface area contributed by atoms with E-state index in [2.05, 4.69) is 73.8 Å². The molecule has 2 heterocycles. The Hall–Kier alpha value is -12.5. The molecule has 9 atom stereocenters. The van der Waals surface area contributed by atoms with Crippen molar-refractivity contribution in [2.75, 3.05) is 53.0 Å². The summed E-state index contributed by atoms with van der Waals surface area (Å²) in [6.45, 7) is 7.27. The number of amides is 14. The third-order valence-corrected chi connectivity index (χ3v) is 16.7. The number of hydrogen-bond acceptors (Lipinski definition) is 22. The highest BCUT2D eigenvalue weighted by molar-refractivity contribution is 6.02. The van der Waals surface area contributed by atoms with Crippen LogP contribution in [0.1, 0.15) is 124 Å². The Balaban J connectivity index is 0.00000116. The lowest BCUT2D eigenvalue weighted by atomic mass is 9.99. The second kappa shape index (κ2) is 53.1.